The summed E-state index contributed by atoms with van der Waals surface area (Å²) in [4.78, 5) is 24.8. The molecule has 1 saturated heterocycles. The van der Waals surface area contributed by atoms with E-state index in [1.807, 2.05) is 6.07 Å². The molecule has 4 nitrogen and oxygen atoms in total. The molecule has 1 N–H and O–H groups in total. The van der Waals surface area contributed by atoms with Gasteiger partial charge in [0.15, 0.2) is 0 Å². The van der Waals surface area contributed by atoms with E-state index in [1.165, 1.54) is 5.56 Å². The molecule has 4 heteroatoms. The van der Waals surface area contributed by atoms with Gasteiger partial charge < -0.3 is 10.1 Å². The summed E-state index contributed by atoms with van der Waals surface area (Å²) in [6.07, 6.45) is 4.08. The van der Waals surface area contributed by atoms with Gasteiger partial charge in [-0.2, -0.15) is 0 Å². The number of hydrogen-bond acceptors (Lipinski definition) is 3. The molecule has 2 rings (SSSR count). The molecule has 0 aliphatic carbocycles. The Balaban J connectivity index is 1.94. The van der Waals surface area contributed by atoms with Gasteiger partial charge in [0, 0.05) is 13.5 Å². The Labute approximate surface area is 126 Å². The van der Waals surface area contributed by atoms with E-state index in [-0.39, 0.29) is 11.9 Å². The van der Waals surface area contributed by atoms with E-state index in [1.54, 1.807) is 7.05 Å². The van der Waals surface area contributed by atoms with Crippen LogP contribution < -0.4 is 5.32 Å². The second-order valence-electron chi connectivity index (χ2n) is 5.59. The summed E-state index contributed by atoms with van der Waals surface area (Å²) >= 11 is 0. The Morgan fingerprint density at radius 3 is 2.57 bits per heavy atom. The molecule has 0 spiro atoms. The average molecular weight is 288 g/mol. The van der Waals surface area contributed by atoms with E-state index in [2.05, 4.69) is 34.5 Å². The SMILES string of the molecule is CNC(=O)C(CCC=O)N1CCC(c2ccccc2)CC1. The standard InChI is InChI=1S/C17H24N2O2/c1-18-17(21)16(8-5-13-20)19-11-9-15(10-12-19)14-6-3-2-4-7-14/h2-4,6-7,13,15-16H,5,8-12H2,1H3,(H,18,21). The highest BCUT2D eigenvalue weighted by molar-refractivity contribution is 5.81. The highest BCUT2D eigenvalue weighted by atomic mass is 16.2. The maximum absolute atomic E-state index is 12.0. The largest absolute Gasteiger partial charge is 0.358 e. The molecule has 1 atom stereocenters. The predicted molar refractivity (Wildman–Crippen MR) is 83.1 cm³/mol. The summed E-state index contributed by atoms with van der Waals surface area (Å²) in [6.45, 7) is 1.83. The molecule has 0 saturated carbocycles. The van der Waals surface area contributed by atoms with Gasteiger partial charge in [-0.3, -0.25) is 9.69 Å². The second-order valence-corrected chi connectivity index (χ2v) is 5.59. The molecular weight excluding hydrogens is 264 g/mol. The number of nitrogens with zero attached hydrogens (tertiary/aromatic N) is 1. The van der Waals surface area contributed by atoms with Gasteiger partial charge in [0.2, 0.25) is 5.91 Å². The molecule has 1 fully saturated rings. The Morgan fingerprint density at radius 1 is 1.33 bits per heavy atom. The maximum atomic E-state index is 12.0. The first-order valence-electron chi connectivity index (χ1n) is 7.70. The Bertz CT molecular complexity index is 453. The number of likely N-dealkylation sites (N-methyl/N-ethyl adjacent to an activating group) is 1. The van der Waals surface area contributed by atoms with Crippen molar-refractivity contribution in [2.45, 2.75) is 37.6 Å². The summed E-state index contributed by atoms with van der Waals surface area (Å²) < 4.78 is 0. The predicted octanol–water partition coefficient (Wildman–Crippen LogP) is 1.96. The van der Waals surface area contributed by atoms with Gasteiger partial charge in [-0.1, -0.05) is 30.3 Å². The van der Waals surface area contributed by atoms with E-state index in [4.69, 9.17) is 0 Å². The Hall–Kier alpha value is -1.68. The van der Waals surface area contributed by atoms with Crippen molar-refractivity contribution in [2.24, 2.45) is 0 Å². The van der Waals surface area contributed by atoms with E-state index in [0.29, 0.717) is 18.8 Å². The average Bonchev–Trinajstić information content (AvgIpc) is 2.56. The van der Waals surface area contributed by atoms with Crippen molar-refractivity contribution < 1.29 is 9.59 Å². The third-order valence-electron chi connectivity index (χ3n) is 4.35. The third kappa shape index (κ3) is 4.14. The van der Waals surface area contributed by atoms with Crippen LogP contribution in [0.2, 0.25) is 0 Å². The molecule has 1 aromatic rings. The molecule has 0 radical (unpaired) electrons. The zero-order valence-electron chi connectivity index (χ0n) is 12.6. The van der Waals surface area contributed by atoms with E-state index in [9.17, 15) is 9.59 Å². The molecule has 1 amide bonds. The van der Waals surface area contributed by atoms with Gasteiger partial charge in [-0.05, 0) is 43.8 Å². The van der Waals surface area contributed by atoms with Gasteiger partial charge in [-0.15, -0.1) is 0 Å². The minimum atomic E-state index is -0.170. The number of nitrogens with one attached hydrogen (secondary N) is 1. The van der Waals surface area contributed by atoms with Gasteiger partial charge in [0.25, 0.3) is 0 Å². The normalized spacial score (nSPS) is 18.1. The summed E-state index contributed by atoms with van der Waals surface area (Å²) in [5, 5.41) is 2.72. The minimum Gasteiger partial charge on any atom is -0.358 e. The quantitative estimate of drug-likeness (QED) is 0.814. The molecular formula is C17H24N2O2. The lowest BCUT2D eigenvalue weighted by molar-refractivity contribution is -0.126. The van der Waals surface area contributed by atoms with Gasteiger partial charge in [0.1, 0.15) is 6.29 Å². The lowest BCUT2D eigenvalue weighted by Crippen LogP contribution is -2.49. The number of piperidine rings is 1. The fraction of sp³-hybridized carbons (Fsp3) is 0.529. The van der Waals surface area contributed by atoms with E-state index in [0.717, 1.165) is 32.2 Å². The molecule has 1 unspecified atom stereocenters. The van der Waals surface area contributed by atoms with Crippen molar-refractivity contribution in [1.82, 2.24) is 10.2 Å². The minimum absolute atomic E-state index is 0.0232. The second kappa shape index (κ2) is 7.93. The van der Waals surface area contributed by atoms with Crippen molar-refractivity contribution in [2.75, 3.05) is 20.1 Å². The van der Waals surface area contributed by atoms with Crippen LogP contribution in [0.4, 0.5) is 0 Å². The zero-order valence-corrected chi connectivity index (χ0v) is 12.6. The fourth-order valence-electron chi connectivity index (χ4n) is 3.14. The molecule has 21 heavy (non-hydrogen) atoms. The number of carbonyl (C=O) groups is 2. The smallest absolute Gasteiger partial charge is 0.237 e. The number of carbonyl (C=O) groups excluding carboxylic acids is 2. The summed E-state index contributed by atoms with van der Waals surface area (Å²) in [5.41, 5.74) is 1.39. The van der Waals surface area contributed by atoms with Crippen molar-refractivity contribution in [3.63, 3.8) is 0 Å². The van der Waals surface area contributed by atoms with Gasteiger partial charge in [0.05, 0.1) is 6.04 Å². The Kier molecular flexibility index (Phi) is 5.93. The molecule has 1 aromatic carbocycles. The first-order chi connectivity index (χ1) is 10.3. The van der Waals surface area contributed by atoms with Crippen LogP contribution >= 0.6 is 0 Å². The van der Waals surface area contributed by atoms with Crippen LogP contribution in [0.1, 0.15) is 37.2 Å². The van der Waals surface area contributed by atoms with Crippen molar-refractivity contribution in [1.29, 1.82) is 0 Å². The van der Waals surface area contributed by atoms with E-state index < -0.39 is 0 Å². The zero-order chi connectivity index (χ0) is 15.1. The number of aldehydes is 1. The van der Waals surface area contributed by atoms with Crippen LogP contribution in [-0.2, 0) is 9.59 Å². The summed E-state index contributed by atoms with van der Waals surface area (Å²) in [6, 6.07) is 10.4. The van der Waals surface area contributed by atoms with Gasteiger partial charge in [-0.25, -0.2) is 0 Å². The Morgan fingerprint density at radius 2 is 2.00 bits per heavy atom. The first-order valence-corrected chi connectivity index (χ1v) is 7.70. The van der Waals surface area contributed by atoms with Crippen LogP contribution in [0.25, 0.3) is 0 Å². The molecule has 1 heterocycles. The number of rotatable bonds is 6. The van der Waals surface area contributed by atoms with Crippen molar-refractivity contribution in [3.05, 3.63) is 35.9 Å². The first kappa shape index (κ1) is 15.7. The number of hydrogen-bond donors (Lipinski definition) is 1. The van der Waals surface area contributed by atoms with E-state index >= 15 is 0 Å². The maximum Gasteiger partial charge on any atom is 0.237 e. The van der Waals surface area contributed by atoms with Crippen LogP contribution in [0.15, 0.2) is 30.3 Å². The summed E-state index contributed by atoms with van der Waals surface area (Å²) in [7, 11) is 1.66. The highest BCUT2D eigenvalue weighted by Gasteiger charge is 2.29. The third-order valence-corrected chi connectivity index (χ3v) is 4.35. The molecule has 1 aliphatic rings. The molecule has 1 aliphatic heterocycles. The lowest BCUT2D eigenvalue weighted by Gasteiger charge is -2.36. The number of likely N-dealkylation sites (tertiary alicyclic amines) is 1. The van der Waals surface area contributed by atoms with Gasteiger partial charge >= 0.3 is 0 Å². The summed E-state index contributed by atoms with van der Waals surface area (Å²) in [5.74, 6) is 0.605. The van der Waals surface area contributed by atoms with Crippen LogP contribution in [-0.4, -0.2) is 43.3 Å². The molecule has 0 aromatic heterocycles. The number of benzene rings is 1. The topological polar surface area (TPSA) is 49.4 Å². The highest BCUT2D eigenvalue weighted by Crippen LogP contribution is 2.29. The lowest BCUT2D eigenvalue weighted by atomic mass is 9.88. The van der Waals surface area contributed by atoms with Crippen molar-refractivity contribution >= 4 is 12.2 Å². The van der Waals surface area contributed by atoms with Crippen LogP contribution in [0, 0.1) is 0 Å². The number of amides is 1. The molecule has 0 bridgehead atoms. The van der Waals surface area contributed by atoms with Crippen LogP contribution in [0.3, 0.4) is 0 Å². The van der Waals surface area contributed by atoms with Crippen LogP contribution in [0.5, 0.6) is 0 Å². The van der Waals surface area contributed by atoms with Crippen molar-refractivity contribution in [3.8, 4) is 0 Å². The monoisotopic (exact) mass is 288 g/mol. The molecule has 114 valence electrons. The fourth-order valence-corrected chi connectivity index (χ4v) is 3.14.